The zero-order chi connectivity index (χ0) is 14.1. The average molecular weight is 426 g/mol. The van der Waals surface area contributed by atoms with Crippen LogP contribution in [-0.4, -0.2) is 61.7 Å². The Hall–Kier alpha value is 1.54. The Labute approximate surface area is 147 Å². The predicted octanol–water partition coefficient (Wildman–Crippen LogP) is -8.03. The normalized spacial score (nSPS) is 12.8. The molecule has 0 saturated carbocycles. The van der Waals surface area contributed by atoms with Gasteiger partial charge in [0.05, 0.1) is 29.8 Å². The van der Waals surface area contributed by atoms with Crippen LogP contribution >= 0.6 is 0 Å². The van der Waals surface area contributed by atoms with Crippen molar-refractivity contribution < 1.29 is 49.8 Å². The molecule has 0 aliphatic rings. The van der Waals surface area contributed by atoms with Gasteiger partial charge in [-0.3, -0.25) is 0 Å². The Bertz CT molecular complexity index is 353. The average Bonchev–Trinajstić information content (AvgIpc) is 1.65. The Morgan fingerprint density at radius 2 is 0.750 bits per heavy atom. The van der Waals surface area contributed by atoms with E-state index in [1.807, 2.05) is 0 Å². The van der Waals surface area contributed by atoms with Crippen LogP contribution in [0.15, 0.2) is 0 Å². The molecule has 0 aliphatic carbocycles. The van der Waals surface area contributed by atoms with Gasteiger partial charge >= 0.3 is 0 Å². The van der Waals surface area contributed by atoms with Gasteiger partial charge in [-0.15, -0.1) is 12.6 Å². The number of hydrogen-bond donors (Lipinski definition) is 0. The summed E-state index contributed by atoms with van der Waals surface area (Å²) < 4.78 is 36.1. The van der Waals surface area contributed by atoms with E-state index in [-0.39, 0.29) is 37.2 Å². The molecule has 0 unspecified atom stereocenters. The monoisotopic (exact) mass is 424 g/mol. The van der Waals surface area contributed by atoms with Crippen LogP contribution in [0.25, 0.3) is 0 Å². The van der Waals surface area contributed by atoms with Crippen LogP contribution in [0.2, 0.25) is 6.55 Å². The molecule has 20 heavy (non-hydrogen) atoms. The zero-order valence-corrected chi connectivity index (χ0v) is 18.9. The van der Waals surface area contributed by atoms with Crippen molar-refractivity contribution in [2.24, 2.45) is 0 Å². The maximum atomic E-state index is 12.0. The Morgan fingerprint density at radius 3 is 0.850 bits per heavy atom. The summed E-state index contributed by atoms with van der Waals surface area (Å²) in [6, 6.07) is 0. The minimum atomic E-state index is -1.98. The summed E-state index contributed by atoms with van der Waals surface area (Å²) in [7, 11) is -7.58. The highest BCUT2D eigenvalue weighted by Gasteiger charge is 2.48. The molecule has 0 amide bonds. The van der Waals surface area contributed by atoms with Crippen molar-refractivity contribution in [1.82, 2.24) is 0 Å². The Morgan fingerprint density at radius 1 is 0.600 bits per heavy atom. The second-order valence-electron chi connectivity index (χ2n) is 6.55. The molecule has 0 N–H and O–H groups in total. The lowest BCUT2D eigenvalue weighted by Crippen LogP contribution is -3.00. The molecular weight excluding hydrogens is 399 g/mol. The Balaban J connectivity index is -0.000000427. The van der Waals surface area contributed by atoms with Gasteiger partial charge in [0.25, 0.3) is 0 Å². The highest BCUT2D eigenvalue weighted by Crippen LogP contribution is 2.18. The van der Waals surface area contributed by atoms with Gasteiger partial charge in [-0.05, 0) is 0 Å². The van der Waals surface area contributed by atoms with Crippen molar-refractivity contribution in [1.29, 1.82) is 0 Å². The first kappa shape index (κ1) is 29.5. The summed E-state index contributed by atoms with van der Waals surface area (Å²) >= 11 is 0. The summed E-state index contributed by atoms with van der Waals surface area (Å²) in [6.45, 7) is 2.10. The lowest BCUT2D eigenvalue weighted by atomic mass is 11.7. The van der Waals surface area contributed by atoms with E-state index >= 15 is 0 Å². The van der Waals surface area contributed by atoms with E-state index < -0.39 is 37.9 Å². The highest BCUT2D eigenvalue weighted by atomic mass is 35.5. The molecule has 0 spiro atoms. The van der Waals surface area contributed by atoms with Crippen molar-refractivity contribution in [3.05, 3.63) is 0 Å². The van der Waals surface area contributed by atoms with E-state index in [1.54, 1.807) is 37.5 Å². The van der Waals surface area contributed by atoms with Crippen LogP contribution in [0.1, 0.15) is 0 Å². The first-order valence-corrected chi connectivity index (χ1v) is 16.1. The van der Waals surface area contributed by atoms with Gasteiger partial charge in [0, 0.05) is 0 Å². The topological polar surface area (TPSA) is 51.2 Å². The first-order valence-electron chi connectivity index (χ1n) is 5.38. The summed E-state index contributed by atoms with van der Waals surface area (Å²) in [5, 5.41) is 1.87. The maximum Gasteiger partial charge on any atom is 0.221 e. The molecule has 0 aromatic heterocycles. The number of rotatable bonds is 6. The van der Waals surface area contributed by atoms with Gasteiger partial charge in [0.2, 0.25) is 8.07 Å². The molecule has 0 fully saturated rings. The molecule has 3 nitrogen and oxygen atoms in total. The number of hydrogen-bond acceptors (Lipinski definition) is 3. The van der Waals surface area contributed by atoms with Gasteiger partial charge in [-0.2, -0.15) is 0 Å². The van der Waals surface area contributed by atoms with E-state index in [0.717, 1.165) is 0 Å². The van der Waals surface area contributed by atoms with Crippen LogP contribution < -0.4 is 37.2 Å². The summed E-state index contributed by atoms with van der Waals surface area (Å²) in [5.41, 5.74) is 0. The fraction of sp³-hybridized carbons (Fsp3) is 1.00. The summed E-state index contributed by atoms with van der Waals surface area (Å²) in [4.78, 5) is 0. The fourth-order valence-electron chi connectivity index (χ4n) is 2.64. The number of halogens is 3. The predicted molar refractivity (Wildman–Crippen MR) is 85.9 cm³/mol. The van der Waals surface area contributed by atoms with Gasteiger partial charge < -0.3 is 37.2 Å². The lowest BCUT2D eigenvalue weighted by Gasteiger charge is -2.23. The van der Waals surface area contributed by atoms with Crippen LogP contribution in [0.3, 0.4) is 0 Å². The van der Waals surface area contributed by atoms with Crippen LogP contribution in [-0.2, 0) is 42.4 Å². The molecule has 0 aromatic rings. The molecule has 0 aromatic carbocycles. The van der Waals surface area contributed by atoms with Crippen molar-refractivity contribution >= 4 is 37.9 Å². The van der Waals surface area contributed by atoms with E-state index in [0.29, 0.717) is 16.1 Å². The van der Waals surface area contributed by atoms with Gasteiger partial charge in [0.15, 0.2) is 0 Å². The zero-order valence-electron chi connectivity index (χ0n) is 13.2. The lowest BCUT2D eigenvalue weighted by molar-refractivity contribution is -0.001000. The highest BCUT2D eigenvalue weighted by molar-refractivity contribution is 8.07. The van der Waals surface area contributed by atoms with Crippen LogP contribution in [0, 0.1) is 0 Å². The summed E-state index contributed by atoms with van der Waals surface area (Å²) in [6.07, 6.45) is 10.5. The fourth-order valence-corrected chi connectivity index (χ4v) is 26.0. The minimum Gasteiger partial charge on any atom is -1.00 e. The van der Waals surface area contributed by atoms with E-state index in [1.165, 1.54) is 0 Å². The minimum absolute atomic E-state index is 0. The van der Waals surface area contributed by atoms with Crippen molar-refractivity contribution in [3.8, 4) is 0 Å². The third kappa shape index (κ3) is 17.6. The second-order valence-corrected chi connectivity index (χ2v) is 22.3. The molecule has 0 bridgehead atoms. The molecule has 10 heteroatoms. The largest absolute Gasteiger partial charge is 1.00 e. The molecule has 0 atom stereocenters. The van der Waals surface area contributed by atoms with Gasteiger partial charge in [-0.1, -0.05) is 6.55 Å². The molecule has 0 radical (unpaired) electrons. The smallest absolute Gasteiger partial charge is 0.221 e. The molecular formula is C10H27Cl3O3S3Si. The van der Waals surface area contributed by atoms with Crippen LogP contribution in [0.5, 0.6) is 0 Å². The van der Waals surface area contributed by atoms with Gasteiger partial charge in [0.1, 0.15) is 53.7 Å². The molecule has 128 valence electrons. The standard InChI is InChI=1S/C10H27O3S3Si.3ClH/c1-14(2,11)8-17(7,9-15(3,4)12)10-16(5,6)13;;;/h8-10H2,1-7H3;3*1H/q+3;;;/p-3. The second kappa shape index (κ2) is 9.63. The third-order valence-electron chi connectivity index (χ3n) is 2.09. The van der Waals surface area contributed by atoms with Crippen molar-refractivity contribution in [3.63, 3.8) is 0 Å². The summed E-state index contributed by atoms with van der Waals surface area (Å²) in [5.74, 6) is 0. The molecule has 0 rings (SSSR count). The quantitative estimate of drug-likeness (QED) is 0.314. The molecule has 0 aliphatic heterocycles. The first-order chi connectivity index (χ1) is 7.12. The maximum absolute atomic E-state index is 12.0. The van der Waals surface area contributed by atoms with E-state index in [2.05, 4.69) is 6.55 Å². The van der Waals surface area contributed by atoms with E-state index in [4.69, 9.17) is 0 Å². The van der Waals surface area contributed by atoms with Crippen LogP contribution in [0.4, 0.5) is 0 Å². The Kier molecular flexibility index (Phi) is 14.2. The van der Waals surface area contributed by atoms with Gasteiger partial charge in [-0.25, -0.2) is 0 Å². The SMILES string of the molecule is C[Si](C[S+](C)(C)=O)(C[S+](C)(C)=O)C[S+](C)(C)=O.[Cl-].[Cl-].[Cl-]. The third-order valence-corrected chi connectivity index (χ3v) is 18.8. The van der Waals surface area contributed by atoms with E-state index in [9.17, 15) is 12.6 Å². The molecule has 0 heterocycles. The van der Waals surface area contributed by atoms with Crippen molar-refractivity contribution in [2.75, 3.05) is 53.7 Å². The van der Waals surface area contributed by atoms with Crippen molar-refractivity contribution in [2.45, 2.75) is 6.55 Å². The molecule has 0 saturated heterocycles.